The van der Waals surface area contributed by atoms with Gasteiger partial charge in [0, 0.05) is 10.7 Å². The lowest BCUT2D eigenvalue weighted by Gasteiger charge is -2.48. The Hall–Kier alpha value is -1.79. The van der Waals surface area contributed by atoms with Gasteiger partial charge in [-0.25, -0.2) is 4.79 Å². The fourth-order valence-electron chi connectivity index (χ4n) is 2.66. The van der Waals surface area contributed by atoms with Gasteiger partial charge in [0.05, 0.1) is 12.9 Å². The molecule has 144 valence electrons. The molecule has 9 heteroatoms. The first kappa shape index (κ1) is 21.5. The number of benzene rings is 1. The quantitative estimate of drug-likeness (QED) is 0.423. The van der Waals surface area contributed by atoms with Crippen molar-refractivity contribution in [3.05, 3.63) is 40.4 Å². The maximum absolute atomic E-state index is 12.7. The predicted octanol–water partition coefficient (Wildman–Crippen LogP) is 1.98. The number of terminal acetylenes is 1. The lowest BCUT2D eigenvalue weighted by Crippen LogP contribution is -2.68. The number of fused-ring (bicyclic) bond motifs is 1. The van der Waals surface area contributed by atoms with Gasteiger partial charge in [-0.15, -0.1) is 42.4 Å². The number of hydrogen-bond donors (Lipinski definition) is 1. The Morgan fingerprint density at radius 1 is 1.44 bits per heavy atom. The number of methoxy groups -OCH3 is 1. The van der Waals surface area contributed by atoms with Crippen LogP contribution < -0.4 is 10.5 Å². The number of halogens is 1. The number of rotatable bonds is 6. The lowest BCUT2D eigenvalue weighted by atomic mass is 10.1. The van der Waals surface area contributed by atoms with E-state index in [1.807, 2.05) is 12.1 Å². The van der Waals surface area contributed by atoms with Gasteiger partial charge in [-0.3, -0.25) is 9.69 Å². The second-order valence-corrected chi connectivity index (χ2v) is 7.80. The van der Waals surface area contributed by atoms with Gasteiger partial charge in [0.15, 0.2) is 0 Å². The minimum Gasteiger partial charge on any atom is -0.497 e. The van der Waals surface area contributed by atoms with Crippen LogP contribution in [-0.2, 0) is 20.9 Å². The monoisotopic (exact) mass is 426 g/mol. The summed E-state index contributed by atoms with van der Waals surface area (Å²) < 4.78 is 10.5. The number of esters is 1. The third-order valence-electron chi connectivity index (χ3n) is 4.03. The van der Waals surface area contributed by atoms with Gasteiger partial charge in [-0.1, -0.05) is 18.1 Å². The summed E-state index contributed by atoms with van der Waals surface area (Å²) in [5.41, 5.74) is 6.94. The summed E-state index contributed by atoms with van der Waals surface area (Å²) in [6.45, 7) is 0.102. The molecule has 1 aromatic rings. The van der Waals surface area contributed by atoms with E-state index in [-0.39, 0.29) is 36.0 Å². The van der Waals surface area contributed by atoms with Crippen LogP contribution in [-0.4, -0.2) is 46.8 Å². The molecule has 0 radical (unpaired) electrons. The minimum atomic E-state index is -0.580. The van der Waals surface area contributed by atoms with E-state index in [4.69, 9.17) is 21.6 Å². The van der Waals surface area contributed by atoms with Crippen molar-refractivity contribution in [3.8, 4) is 18.1 Å². The second kappa shape index (κ2) is 9.42. The van der Waals surface area contributed by atoms with Crippen LogP contribution in [0.1, 0.15) is 5.56 Å². The third-order valence-corrected chi connectivity index (χ3v) is 6.51. The molecule has 0 spiro atoms. The zero-order valence-electron chi connectivity index (χ0n) is 14.5. The number of thioether (sulfide) groups is 2. The summed E-state index contributed by atoms with van der Waals surface area (Å²) in [6.07, 6.45) is 5.32. The fraction of sp³-hybridized carbons (Fsp3) is 0.333. The second-order valence-electron chi connectivity index (χ2n) is 5.62. The van der Waals surface area contributed by atoms with Crippen LogP contribution in [0.2, 0.25) is 0 Å². The molecule has 2 heterocycles. The van der Waals surface area contributed by atoms with Crippen molar-refractivity contribution >= 4 is 47.8 Å². The zero-order valence-corrected chi connectivity index (χ0v) is 17.0. The van der Waals surface area contributed by atoms with Gasteiger partial charge in [0.1, 0.15) is 29.5 Å². The van der Waals surface area contributed by atoms with Gasteiger partial charge in [-0.2, -0.15) is 0 Å². The third kappa shape index (κ3) is 4.38. The lowest BCUT2D eigenvalue weighted by molar-refractivity contribution is -0.151. The number of carbonyl (C=O) groups is 2. The van der Waals surface area contributed by atoms with Crippen molar-refractivity contribution in [2.24, 2.45) is 5.73 Å². The molecule has 0 bridgehead atoms. The Morgan fingerprint density at radius 3 is 2.78 bits per heavy atom. The summed E-state index contributed by atoms with van der Waals surface area (Å²) in [6, 6.07) is 6.64. The molecule has 0 saturated carbocycles. The highest BCUT2D eigenvalue weighted by Crippen LogP contribution is 2.42. The Labute approximate surface area is 172 Å². The molecular weight excluding hydrogens is 408 g/mol. The molecule has 27 heavy (non-hydrogen) atoms. The molecule has 2 atom stereocenters. The van der Waals surface area contributed by atoms with E-state index in [1.54, 1.807) is 19.2 Å². The number of β-lactam (4-membered cyclic amide) rings is 1. The maximum Gasteiger partial charge on any atom is 0.356 e. The summed E-state index contributed by atoms with van der Waals surface area (Å²) in [7, 11) is 1.59. The zero-order chi connectivity index (χ0) is 18.7. The number of carbonyl (C=O) groups excluding carboxylic acids is 2. The minimum absolute atomic E-state index is 0. The van der Waals surface area contributed by atoms with Gasteiger partial charge in [0.25, 0.3) is 0 Å². The molecule has 2 N–H and O–H groups in total. The summed E-state index contributed by atoms with van der Waals surface area (Å²) >= 11 is 2.91. The molecule has 3 rings (SSSR count). The smallest absolute Gasteiger partial charge is 0.356 e. The highest BCUT2D eigenvalue weighted by Gasteiger charge is 2.52. The van der Waals surface area contributed by atoms with Crippen LogP contribution in [0.4, 0.5) is 0 Å². The average Bonchev–Trinajstić information content (AvgIpc) is 2.69. The average molecular weight is 427 g/mol. The maximum atomic E-state index is 12.7. The Kier molecular flexibility index (Phi) is 7.50. The van der Waals surface area contributed by atoms with Crippen LogP contribution in [0.3, 0.4) is 0 Å². The molecular formula is C18H19ClN2O4S2. The number of nitrogens with two attached hydrogens (primary N) is 1. The molecule has 0 aliphatic carbocycles. The fourth-order valence-corrected chi connectivity index (χ4v) is 4.91. The molecule has 0 unspecified atom stereocenters. The van der Waals surface area contributed by atoms with E-state index >= 15 is 0 Å². The van der Waals surface area contributed by atoms with Crippen molar-refractivity contribution in [2.45, 2.75) is 18.0 Å². The molecule has 1 aromatic carbocycles. The van der Waals surface area contributed by atoms with Gasteiger partial charge >= 0.3 is 5.97 Å². The summed E-state index contributed by atoms with van der Waals surface area (Å²) in [5, 5.41) is -0.221. The Morgan fingerprint density at radius 2 is 2.15 bits per heavy atom. The highest BCUT2D eigenvalue weighted by molar-refractivity contribution is 8.06. The predicted molar refractivity (Wildman–Crippen MR) is 109 cm³/mol. The number of hydrogen-bond acceptors (Lipinski definition) is 7. The topological polar surface area (TPSA) is 81.9 Å². The first-order chi connectivity index (χ1) is 12.6. The molecule has 2 aliphatic heterocycles. The van der Waals surface area contributed by atoms with E-state index in [9.17, 15) is 9.59 Å². The van der Waals surface area contributed by atoms with Crippen LogP contribution in [0.15, 0.2) is 34.9 Å². The van der Waals surface area contributed by atoms with Crippen LogP contribution in [0, 0.1) is 12.3 Å². The largest absolute Gasteiger partial charge is 0.497 e. The Bertz CT molecular complexity index is 792. The number of amides is 1. The van der Waals surface area contributed by atoms with E-state index < -0.39 is 12.0 Å². The Balaban J connectivity index is 0.00000261. The molecule has 1 saturated heterocycles. The molecule has 1 fully saturated rings. The van der Waals surface area contributed by atoms with E-state index in [0.717, 1.165) is 16.2 Å². The van der Waals surface area contributed by atoms with Crippen molar-refractivity contribution < 1.29 is 19.1 Å². The highest BCUT2D eigenvalue weighted by atomic mass is 35.5. The number of nitrogens with zero attached hydrogens (tertiary/aromatic N) is 1. The molecule has 6 nitrogen and oxygen atoms in total. The standard InChI is InChI=1S/C18H18N2O4S2.ClH/c1-3-8-25-13-10-26-17-14(19)16(21)20(17)15(13)18(22)24-9-11-4-6-12(23-2)7-5-11;/h1,4-7,14,17H,8-10,19H2,2H3;1H/t14-,17-;/m1./s1. The number of ether oxygens (including phenoxy) is 2. The first-order valence-corrected chi connectivity index (χ1v) is 9.90. The van der Waals surface area contributed by atoms with Gasteiger partial charge < -0.3 is 15.2 Å². The van der Waals surface area contributed by atoms with Crippen molar-refractivity contribution in [2.75, 3.05) is 18.6 Å². The van der Waals surface area contributed by atoms with E-state index in [1.165, 1.54) is 28.4 Å². The van der Waals surface area contributed by atoms with Crippen molar-refractivity contribution in [3.63, 3.8) is 0 Å². The normalized spacial score (nSPS) is 20.8. The van der Waals surface area contributed by atoms with Gasteiger partial charge in [-0.05, 0) is 17.7 Å². The van der Waals surface area contributed by atoms with Gasteiger partial charge in [0.2, 0.25) is 5.91 Å². The van der Waals surface area contributed by atoms with Crippen molar-refractivity contribution in [1.82, 2.24) is 4.90 Å². The summed E-state index contributed by atoms with van der Waals surface area (Å²) in [5.74, 6) is 3.46. The molecule has 2 aliphatic rings. The molecule has 1 amide bonds. The van der Waals surface area contributed by atoms with Crippen LogP contribution in [0.5, 0.6) is 5.75 Å². The van der Waals surface area contributed by atoms with E-state index in [0.29, 0.717) is 11.5 Å². The van der Waals surface area contributed by atoms with Crippen LogP contribution >= 0.6 is 35.9 Å². The van der Waals surface area contributed by atoms with E-state index in [2.05, 4.69) is 5.92 Å². The van der Waals surface area contributed by atoms with Crippen LogP contribution in [0.25, 0.3) is 0 Å². The first-order valence-electron chi connectivity index (χ1n) is 7.86. The summed E-state index contributed by atoms with van der Waals surface area (Å²) in [4.78, 5) is 27.0. The SMILES string of the molecule is C#CCSC1=C(C(=O)OCc2ccc(OC)cc2)N2C(=O)[C@@H](N)[C@H]2SC1.Cl. The molecule has 0 aromatic heterocycles. The van der Waals surface area contributed by atoms with Crippen molar-refractivity contribution in [1.29, 1.82) is 0 Å².